The van der Waals surface area contributed by atoms with Crippen molar-refractivity contribution in [2.24, 2.45) is 22.7 Å². The molecule has 2 saturated carbocycles. The van der Waals surface area contributed by atoms with Gasteiger partial charge >= 0.3 is 11.9 Å². The molecule has 0 radical (unpaired) electrons. The first-order chi connectivity index (χ1) is 14.9. The molecular weight excluding hydrogens is 408 g/mol. The average molecular weight is 451 g/mol. The van der Waals surface area contributed by atoms with Gasteiger partial charge in [0, 0.05) is 23.0 Å². The van der Waals surface area contributed by atoms with Crippen LogP contribution in [0.3, 0.4) is 0 Å². The topological polar surface area (TPSA) is 82.1 Å². The van der Waals surface area contributed by atoms with Crippen LogP contribution < -0.4 is 0 Å². The van der Waals surface area contributed by atoms with Crippen LogP contribution in [0.5, 0.6) is 0 Å². The zero-order valence-corrected chi connectivity index (χ0v) is 20.6. The molecule has 2 aliphatic rings. The number of fused-ring (bicyclic) bond motifs is 2. The van der Waals surface area contributed by atoms with Gasteiger partial charge in [-0.25, -0.2) is 9.59 Å². The van der Waals surface area contributed by atoms with E-state index in [1.807, 2.05) is 13.8 Å². The van der Waals surface area contributed by atoms with Crippen LogP contribution >= 0.6 is 0 Å². The lowest BCUT2D eigenvalue weighted by Crippen LogP contribution is -2.38. The summed E-state index contributed by atoms with van der Waals surface area (Å²) >= 11 is 0. The zero-order valence-electron chi connectivity index (χ0n) is 20.6. The fourth-order valence-corrected chi connectivity index (χ4v) is 4.69. The molecule has 0 saturated heterocycles. The van der Waals surface area contributed by atoms with Gasteiger partial charge in [0.25, 0.3) is 0 Å². The Kier molecular flexibility index (Phi) is 10.7. The largest absolute Gasteiger partial charge is 0.499 e. The summed E-state index contributed by atoms with van der Waals surface area (Å²) in [4.78, 5) is 22.4. The van der Waals surface area contributed by atoms with E-state index in [1.165, 1.54) is 12.7 Å². The average Bonchev–Trinajstić information content (AvgIpc) is 3.03. The molecule has 2 aliphatic carbocycles. The van der Waals surface area contributed by atoms with Crippen molar-refractivity contribution in [1.29, 1.82) is 0 Å². The second-order valence-electron chi connectivity index (χ2n) is 10.0. The summed E-state index contributed by atoms with van der Waals surface area (Å²) in [6.07, 6.45) is 5.84. The number of hydrogen-bond donors (Lipinski definition) is 1. The minimum atomic E-state index is -0.885. The Labute approximate surface area is 193 Å². The molecule has 182 valence electrons. The third kappa shape index (κ3) is 7.22. The van der Waals surface area contributed by atoms with Gasteiger partial charge in [0.1, 0.15) is 12.7 Å². The normalized spacial score (nSPS) is 24.9. The highest BCUT2D eigenvalue weighted by Crippen LogP contribution is 2.66. The number of carbonyl (C=O) groups is 2. The standard InChI is InChI=1S/C19H30O4.C7H12O2/c1-6-21-11-12-22-10-8-14(2)17(20)23-16-13-15-7-9-19(16,5)18(15,3)4;1-5(2)4-6(3)7(8)9/h6,15-16H,1-2,7-13H2,3-5H3;5H,3-4H2,1-2H3,(H,8,9). The van der Waals surface area contributed by atoms with Crippen LogP contribution in [0.1, 0.15) is 66.7 Å². The van der Waals surface area contributed by atoms with Gasteiger partial charge in [-0.3, -0.25) is 0 Å². The fraction of sp³-hybridized carbons (Fsp3) is 0.692. The molecule has 3 unspecified atom stereocenters. The van der Waals surface area contributed by atoms with E-state index in [0.29, 0.717) is 55.6 Å². The molecule has 32 heavy (non-hydrogen) atoms. The first kappa shape index (κ1) is 28.0. The van der Waals surface area contributed by atoms with Gasteiger partial charge in [-0.15, -0.1) is 0 Å². The molecule has 0 aliphatic heterocycles. The maximum absolute atomic E-state index is 12.3. The first-order valence-corrected chi connectivity index (χ1v) is 11.5. The predicted molar refractivity (Wildman–Crippen MR) is 126 cm³/mol. The number of esters is 1. The maximum Gasteiger partial charge on any atom is 0.333 e. The van der Waals surface area contributed by atoms with Crippen molar-refractivity contribution < 1.29 is 28.9 Å². The highest BCUT2D eigenvalue weighted by atomic mass is 16.5. The van der Waals surface area contributed by atoms with E-state index in [0.717, 1.165) is 12.8 Å². The summed E-state index contributed by atoms with van der Waals surface area (Å²) in [5.74, 6) is -0.116. The summed E-state index contributed by atoms with van der Waals surface area (Å²) in [6, 6.07) is 0. The Morgan fingerprint density at radius 1 is 1.12 bits per heavy atom. The summed E-state index contributed by atoms with van der Waals surface area (Å²) in [6.45, 7) is 22.9. The smallest absolute Gasteiger partial charge is 0.333 e. The molecule has 0 aromatic heterocycles. The number of aliphatic carboxylic acids is 1. The van der Waals surface area contributed by atoms with Crippen LogP contribution in [0.15, 0.2) is 37.1 Å². The minimum Gasteiger partial charge on any atom is -0.499 e. The van der Waals surface area contributed by atoms with Gasteiger partial charge in [-0.05, 0) is 42.9 Å². The minimum absolute atomic E-state index is 0.0161. The van der Waals surface area contributed by atoms with Crippen LogP contribution in [0.25, 0.3) is 0 Å². The molecule has 3 atom stereocenters. The molecule has 1 N–H and O–H groups in total. The molecular formula is C26H42O6. The Balaban J connectivity index is 0.000000482. The number of ether oxygens (including phenoxy) is 3. The van der Waals surface area contributed by atoms with Crippen molar-refractivity contribution in [2.75, 3.05) is 19.8 Å². The SMILES string of the molecule is C=C(CC(C)C)C(=O)O.C=COCCOCCC(=C)C(=O)OC1CC2CCC1(C)C2(C)C. The monoisotopic (exact) mass is 450 g/mol. The van der Waals surface area contributed by atoms with E-state index < -0.39 is 5.97 Å². The number of rotatable bonds is 12. The van der Waals surface area contributed by atoms with Crippen LogP contribution in [0, 0.1) is 22.7 Å². The Hall–Kier alpha value is -2.08. The summed E-state index contributed by atoms with van der Waals surface area (Å²) in [5, 5.41) is 8.33. The first-order valence-electron chi connectivity index (χ1n) is 11.5. The van der Waals surface area contributed by atoms with Crippen molar-refractivity contribution >= 4 is 11.9 Å². The number of hydrogen-bond acceptors (Lipinski definition) is 5. The molecule has 6 nitrogen and oxygen atoms in total. The zero-order chi connectivity index (χ0) is 24.5. The molecule has 0 spiro atoms. The van der Waals surface area contributed by atoms with Crippen molar-refractivity contribution in [3.05, 3.63) is 37.1 Å². The van der Waals surface area contributed by atoms with Crippen LogP contribution in [-0.2, 0) is 23.8 Å². The van der Waals surface area contributed by atoms with Gasteiger partial charge < -0.3 is 19.3 Å². The number of carboxylic acids is 1. The van der Waals surface area contributed by atoms with Crippen LogP contribution in [-0.4, -0.2) is 43.0 Å². The highest BCUT2D eigenvalue weighted by Gasteiger charge is 2.62. The third-order valence-electron chi connectivity index (χ3n) is 7.22. The molecule has 2 bridgehead atoms. The molecule has 2 fully saturated rings. The lowest BCUT2D eigenvalue weighted by Gasteiger charge is -2.38. The summed E-state index contributed by atoms with van der Waals surface area (Å²) in [7, 11) is 0. The van der Waals surface area contributed by atoms with E-state index in [1.54, 1.807) is 0 Å². The molecule has 2 rings (SSSR count). The van der Waals surface area contributed by atoms with Gasteiger partial charge in [0.05, 0.1) is 19.5 Å². The second-order valence-corrected chi connectivity index (χ2v) is 10.0. The van der Waals surface area contributed by atoms with Crippen LogP contribution in [0.2, 0.25) is 0 Å². The number of carbonyl (C=O) groups excluding carboxylic acids is 1. The Morgan fingerprint density at radius 3 is 2.22 bits per heavy atom. The van der Waals surface area contributed by atoms with Crippen molar-refractivity contribution in [3.8, 4) is 0 Å². The predicted octanol–water partition coefficient (Wildman–Crippen LogP) is 5.54. The third-order valence-corrected chi connectivity index (χ3v) is 7.22. The van der Waals surface area contributed by atoms with E-state index >= 15 is 0 Å². The summed E-state index contributed by atoms with van der Waals surface area (Å²) < 4.78 is 16.2. The highest BCUT2D eigenvalue weighted by molar-refractivity contribution is 5.88. The van der Waals surface area contributed by atoms with Crippen molar-refractivity contribution in [1.82, 2.24) is 0 Å². The fourth-order valence-electron chi connectivity index (χ4n) is 4.69. The number of carboxylic acid groups (broad SMARTS) is 1. The van der Waals surface area contributed by atoms with Crippen molar-refractivity contribution in [3.63, 3.8) is 0 Å². The van der Waals surface area contributed by atoms with E-state index in [-0.39, 0.29) is 22.9 Å². The Morgan fingerprint density at radius 2 is 1.78 bits per heavy atom. The molecule has 0 amide bonds. The van der Waals surface area contributed by atoms with Gasteiger partial charge in [0.2, 0.25) is 0 Å². The van der Waals surface area contributed by atoms with E-state index in [9.17, 15) is 9.59 Å². The molecule has 0 aromatic carbocycles. The van der Waals surface area contributed by atoms with Gasteiger partial charge in [-0.1, -0.05) is 54.4 Å². The maximum atomic E-state index is 12.3. The second kappa shape index (κ2) is 12.2. The Bertz CT molecular complexity index is 692. The van der Waals surface area contributed by atoms with Gasteiger partial charge in [0.15, 0.2) is 0 Å². The molecule has 6 heteroatoms. The lowest BCUT2D eigenvalue weighted by atomic mass is 9.70. The van der Waals surface area contributed by atoms with Crippen molar-refractivity contribution in [2.45, 2.75) is 72.8 Å². The molecule has 0 aromatic rings. The van der Waals surface area contributed by atoms with Crippen LogP contribution in [0.4, 0.5) is 0 Å². The summed E-state index contributed by atoms with van der Waals surface area (Å²) in [5.41, 5.74) is 1.11. The van der Waals surface area contributed by atoms with Gasteiger partial charge in [-0.2, -0.15) is 0 Å². The quantitative estimate of drug-likeness (QED) is 0.182. The molecule has 0 heterocycles. The van der Waals surface area contributed by atoms with E-state index in [2.05, 4.69) is 40.5 Å². The lowest BCUT2D eigenvalue weighted by molar-refractivity contribution is -0.152. The van der Waals surface area contributed by atoms with E-state index in [4.69, 9.17) is 19.3 Å².